The van der Waals surface area contributed by atoms with Crippen LogP contribution in [0.1, 0.15) is 37.7 Å². The molecule has 2 atom stereocenters. The Labute approximate surface area is 136 Å². The molecule has 0 saturated heterocycles. The molecule has 0 bridgehead atoms. The van der Waals surface area contributed by atoms with Crippen molar-refractivity contribution in [2.24, 2.45) is 13.0 Å². The molecule has 0 aliphatic rings. The first-order chi connectivity index (χ1) is 10.4. The number of nitrogens with zero attached hydrogens (tertiary/aromatic N) is 2. The number of nitrogens with one attached hydrogen (secondary N) is 1. The molecule has 0 spiro atoms. The van der Waals surface area contributed by atoms with Crippen molar-refractivity contribution in [3.8, 4) is 11.1 Å². The maximum Gasteiger partial charge on any atom is 0.132 e. The lowest BCUT2D eigenvalue weighted by Gasteiger charge is -2.24. The summed E-state index contributed by atoms with van der Waals surface area (Å²) < 4.78 is 16.2. The molecule has 2 aromatic rings. The fourth-order valence-corrected chi connectivity index (χ4v) is 3.26. The van der Waals surface area contributed by atoms with E-state index in [4.69, 9.17) is 11.6 Å². The smallest absolute Gasteiger partial charge is 0.132 e. The molecule has 0 radical (unpaired) electrons. The van der Waals surface area contributed by atoms with Crippen LogP contribution in [0.15, 0.2) is 18.2 Å². The molecule has 0 saturated carbocycles. The van der Waals surface area contributed by atoms with Crippen molar-refractivity contribution < 1.29 is 4.39 Å². The normalized spacial score (nSPS) is 14.1. The van der Waals surface area contributed by atoms with E-state index in [9.17, 15) is 4.39 Å². The van der Waals surface area contributed by atoms with Gasteiger partial charge in [0.05, 0.1) is 22.5 Å². The van der Waals surface area contributed by atoms with Crippen LogP contribution in [-0.2, 0) is 7.05 Å². The highest BCUT2D eigenvalue weighted by atomic mass is 35.5. The number of aromatic nitrogens is 2. The van der Waals surface area contributed by atoms with Crippen LogP contribution in [0.2, 0.25) is 5.02 Å². The van der Waals surface area contributed by atoms with E-state index in [0.29, 0.717) is 16.5 Å². The zero-order valence-electron chi connectivity index (χ0n) is 13.7. The molecule has 1 N–H and O–H groups in total. The van der Waals surface area contributed by atoms with Gasteiger partial charge in [-0.05, 0) is 32.0 Å². The van der Waals surface area contributed by atoms with Crippen molar-refractivity contribution in [2.45, 2.75) is 33.2 Å². The second-order valence-electron chi connectivity index (χ2n) is 5.72. The molecule has 1 aromatic heterocycles. The summed E-state index contributed by atoms with van der Waals surface area (Å²) in [5.41, 5.74) is 2.99. The van der Waals surface area contributed by atoms with Gasteiger partial charge in [-0.15, -0.1) is 0 Å². The average Bonchev–Trinajstić information content (AvgIpc) is 2.75. The molecule has 0 fully saturated rings. The number of benzene rings is 1. The highest BCUT2D eigenvalue weighted by Crippen LogP contribution is 2.39. The zero-order valence-corrected chi connectivity index (χ0v) is 14.5. The highest BCUT2D eigenvalue weighted by molar-refractivity contribution is 6.33. The number of aryl methyl sites for hydroxylation is 2. The Morgan fingerprint density at radius 3 is 2.59 bits per heavy atom. The second kappa shape index (κ2) is 6.80. The minimum atomic E-state index is -0.316. The molecule has 1 heterocycles. The molecule has 1 aromatic carbocycles. The van der Waals surface area contributed by atoms with Gasteiger partial charge in [0.25, 0.3) is 0 Å². The lowest BCUT2D eigenvalue weighted by molar-refractivity contribution is 0.381. The summed E-state index contributed by atoms with van der Waals surface area (Å²) in [6.07, 6.45) is 1.01. The molecule has 0 amide bonds. The van der Waals surface area contributed by atoms with E-state index in [1.807, 2.05) is 25.7 Å². The van der Waals surface area contributed by atoms with Gasteiger partial charge in [-0.1, -0.05) is 37.9 Å². The fraction of sp³-hybridized carbons (Fsp3) is 0.471. The van der Waals surface area contributed by atoms with Gasteiger partial charge in [0.1, 0.15) is 5.82 Å². The Balaban J connectivity index is 2.72. The van der Waals surface area contributed by atoms with Crippen molar-refractivity contribution in [1.29, 1.82) is 0 Å². The van der Waals surface area contributed by atoms with Gasteiger partial charge in [-0.2, -0.15) is 5.10 Å². The predicted molar refractivity (Wildman–Crippen MR) is 89.6 cm³/mol. The topological polar surface area (TPSA) is 29.9 Å². The number of halogens is 2. The Morgan fingerprint density at radius 1 is 1.36 bits per heavy atom. The number of rotatable bonds is 5. The second-order valence-corrected chi connectivity index (χ2v) is 6.12. The third-order valence-corrected chi connectivity index (χ3v) is 4.61. The van der Waals surface area contributed by atoms with Crippen molar-refractivity contribution in [3.05, 3.63) is 40.4 Å². The van der Waals surface area contributed by atoms with Crippen LogP contribution in [0, 0.1) is 18.7 Å². The van der Waals surface area contributed by atoms with Crippen molar-refractivity contribution in [3.63, 3.8) is 0 Å². The molecule has 22 heavy (non-hydrogen) atoms. The molecular formula is C17H23ClFN3. The van der Waals surface area contributed by atoms with Crippen LogP contribution in [0.25, 0.3) is 11.1 Å². The molecule has 120 valence electrons. The summed E-state index contributed by atoms with van der Waals surface area (Å²) in [6, 6.07) is 4.86. The Bertz CT molecular complexity index is 646. The van der Waals surface area contributed by atoms with E-state index in [1.54, 1.807) is 12.1 Å². The van der Waals surface area contributed by atoms with Crippen LogP contribution in [0.3, 0.4) is 0 Å². The SMILES string of the molecule is CCC(C)C(NC)c1c(-c2c(F)cccc2Cl)c(C)nn1C. The van der Waals surface area contributed by atoms with Gasteiger partial charge in [0, 0.05) is 18.2 Å². The molecule has 3 nitrogen and oxygen atoms in total. The maximum atomic E-state index is 14.4. The first-order valence-corrected chi connectivity index (χ1v) is 7.95. The average molecular weight is 324 g/mol. The van der Waals surface area contributed by atoms with E-state index >= 15 is 0 Å². The minimum Gasteiger partial charge on any atom is -0.311 e. The summed E-state index contributed by atoms with van der Waals surface area (Å²) in [7, 11) is 3.82. The summed E-state index contributed by atoms with van der Waals surface area (Å²) in [4.78, 5) is 0. The van der Waals surface area contributed by atoms with Gasteiger partial charge < -0.3 is 5.32 Å². The molecular weight excluding hydrogens is 301 g/mol. The van der Waals surface area contributed by atoms with E-state index in [-0.39, 0.29) is 11.9 Å². The molecule has 5 heteroatoms. The summed E-state index contributed by atoms with van der Waals surface area (Å²) in [6.45, 7) is 6.22. The first-order valence-electron chi connectivity index (χ1n) is 7.57. The van der Waals surface area contributed by atoms with Gasteiger partial charge in [-0.3, -0.25) is 4.68 Å². The van der Waals surface area contributed by atoms with E-state index in [1.165, 1.54) is 6.07 Å². The lowest BCUT2D eigenvalue weighted by Crippen LogP contribution is -2.26. The number of hydrogen-bond donors (Lipinski definition) is 1. The van der Waals surface area contributed by atoms with Crippen LogP contribution in [-0.4, -0.2) is 16.8 Å². The predicted octanol–water partition coefficient (Wildman–Crippen LogP) is 4.49. The van der Waals surface area contributed by atoms with Crippen LogP contribution >= 0.6 is 11.6 Å². The maximum absolute atomic E-state index is 14.4. The zero-order chi connectivity index (χ0) is 16.4. The summed E-state index contributed by atoms with van der Waals surface area (Å²) in [5, 5.41) is 8.27. The molecule has 0 aliphatic heterocycles. The largest absolute Gasteiger partial charge is 0.311 e. The molecule has 2 rings (SSSR count). The van der Waals surface area contributed by atoms with E-state index < -0.39 is 0 Å². The Morgan fingerprint density at radius 2 is 2.05 bits per heavy atom. The Hall–Kier alpha value is -1.39. The minimum absolute atomic E-state index is 0.0851. The fourth-order valence-electron chi connectivity index (χ4n) is 3.00. The molecule has 0 aliphatic carbocycles. The third kappa shape index (κ3) is 2.90. The van der Waals surface area contributed by atoms with Crippen molar-refractivity contribution >= 4 is 11.6 Å². The van der Waals surface area contributed by atoms with Crippen molar-refractivity contribution in [1.82, 2.24) is 15.1 Å². The third-order valence-electron chi connectivity index (χ3n) is 4.30. The quantitative estimate of drug-likeness (QED) is 0.878. The standard InChI is InChI=1S/C17H23ClFN3/c1-6-10(2)16(20-4)17-14(11(3)21-22(17)5)15-12(18)8-7-9-13(15)19/h7-10,16,20H,6H2,1-5H3. The van der Waals surface area contributed by atoms with Gasteiger partial charge >= 0.3 is 0 Å². The highest BCUT2D eigenvalue weighted by Gasteiger charge is 2.28. The lowest BCUT2D eigenvalue weighted by atomic mass is 9.91. The van der Waals surface area contributed by atoms with Gasteiger partial charge in [0.2, 0.25) is 0 Å². The van der Waals surface area contributed by atoms with Crippen LogP contribution < -0.4 is 5.32 Å². The van der Waals surface area contributed by atoms with E-state index in [2.05, 4.69) is 24.3 Å². The first kappa shape index (κ1) is 17.0. The number of hydrogen-bond acceptors (Lipinski definition) is 2. The van der Waals surface area contributed by atoms with Gasteiger partial charge in [-0.25, -0.2) is 4.39 Å². The molecule has 2 unspecified atom stereocenters. The van der Waals surface area contributed by atoms with E-state index in [0.717, 1.165) is 23.4 Å². The summed E-state index contributed by atoms with van der Waals surface area (Å²) in [5.74, 6) is 0.0768. The Kier molecular flexibility index (Phi) is 5.24. The van der Waals surface area contributed by atoms with Crippen LogP contribution in [0.5, 0.6) is 0 Å². The summed E-state index contributed by atoms with van der Waals surface area (Å²) >= 11 is 6.28. The van der Waals surface area contributed by atoms with Crippen molar-refractivity contribution in [2.75, 3.05) is 7.05 Å². The monoisotopic (exact) mass is 323 g/mol. The van der Waals surface area contributed by atoms with Gasteiger partial charge in [0.15, 0.2) is 0 Å². The van der Waals surface area contributed by atoms with Crippen LogP contribution in [0.4, 0.5) is 4.39 Å².